The largest absolute Gasteiger partial charge is 0.480 e. The summed E-state index contributed by atoms with van der Waals surface area (Å²) in [5, 5.41) is 11.5. The first kappa shape index (κ1) is 15.5. The zero-order chi connectivity index (χ0) is 14.6. The maximum absolute atomic E-state index is 11.7. The molecule has 0 heterocycles. The highest BCUT2D eigenvalue weighted by Crippen LogP contribution is 2.37. The fourth-order valence-electron chi connectivity index (χ4n) is 1.94. The van der Waals surface area contributed by atoms with Crippen LogP contribution in [0.5, 0.6) is 0 Å². The van der Waals surface area contributed by atoms with Gasteiger partial charge >= 0.3 is 12.1 Å². The quantitative estimate of drug-likeness (QED) is 0.727. The third kappa shape index (κ3) is 4.93. The first-order chi connectivity index (χ1) is 8.75. The number of ether oxygens (including phenoxy) is 1. The average molecular weight is 269 g/mol. The van der Waals surface area contributed by atoms with Crippen molar-refractivity contribution in [3.63, 3.8) is 0 Å². The molecule has 1 amide bonds. The van der Waals surface area contributed by atoms with Gasteiger partial charge in [-0.2, -0.15) is 0 Å². The maximum atomic E-state index is 11.7. The van der Waals surface area contributed by atoms with Crippen LogP contribution in [0.15, 0.2) is 12.7 Å². The van der Waals surface area contributed by atoms with Gasteiger partial charge in [-0.25, -0.2) is 9.59 Å². The summed E-state index contributed by atoms with van der Waals surface area (Å²) in [4.78, 5) is 22.8. The van der Waals surface area contributed by atoms with E-state index in [2.05, 4.69) is 11.9 Å². The van der Waals surface area contributed by atoms with Crippen molar-refractivity contribution in [2.24, 2.45) is 11.3 Å². The Balaban J connectivity index is 2.39. The van der Waals surface area contributed by atoms with Crippen molar-refractivity contribution in [2.75, 3.05) is 0 Å². The zero-order valence-electron chi connectivity index (χ0n) is 11.8. The van der Waals surface area contributed by atoms with Crippen LogP contribution < -0.4 is 5.32 Å². The second-order valence-electron chi connectivity index (χ2n) is 6.09. The molecule has 0 aliphatic heterocycles. The molecule has 2 N–H and O–H groups in total. The molecule has 1 rings (SSSR count). The van der Waals surface area contributed by atoms with Crippen molar-refractivity contribution in [1.29, 1.82) is 0 Å². The summed E-state index contributed by atoms with van der Waals surface area (Å²) in [6.45, 7) is 8.93. The van der Waals surface area contributed by atoms with Gasteiger partial charge in [-0.1, -0.05) is 26.8 Å². The first-order valence-electron chi connectivity index (χ1n) is 6.56. The molecule has 1 aliphatic carbocycles. The number of carboxylic acids is 1. The van der Waals surface area contributed by atoms with Gasteiger partial charge in [-0.15, -0.1) is 6.58 Å². The number of hydrogen-bond acceptors (Lipinski definition) is 3. The Morgan fingerprint density at radius 1 is 1.53 bits per heavy atom. The van der Waals surface area contributed by atoms with Crippen LogP contribution in [0, 0.1) is 11.3 Å². The highest BCUT2D eigenvalue weighted by molar-refractivity contribution is 5.80. The van der Waals surface area contributed by atoms with Crippen LogP contribution in [-0.4, -0.2) is 29.3 Å². The lowest BCUT2D eigenvalue weighted by molar-refractivity contribution is -0.142. The van der Waals surface area contributed by atoms with Crippen molar-refractivity contribution in [1.82, 2.24) is 5.32 Å². The molecule has 0 bridgehead atoms. The highest BCUT2D eigenvalue weighted by Gasteiger charge is 2.41. The Bertz CT molecular complexity index is 359. The number of carboxylic acid groups (broad SMARTS) is 1. The normalized spacial score (nSPS) is 23.3. The molecule has 0 aromatic carbocycles. The van der Waals surface area contributed by atoms with Crippen molar-refractivity contribution >= 4 is 12.1 Å². The number of allylic oxidation sites excluding steroid dienone is 1. The molecule has 1 unspecified atom stereocenters. The Kier molecular flexibility index (Phi) is 4.97. The molecule has 0 spiro atoms. The number of nitrogens with one attached hydrogen (secondary N) is 1. The van der Waals surface area contributed by atoms with Crippen LogP contribution in [0.1, 0.15) is 40.0 Å². The Morgan fingerprint density at radius 2 is 2.16 bits per heavy atom. The van der Waals surface area contributed by atoms with Crippen LogP contribution in [0.4, 0.5) is 4.79 Å². The number of rotatable bonds is 6. The van der Waals surface area contributed by atoms with E-state index in [-0.39, 0.29) is 6.10 Å². The second-order valence-corrected chi connectivity index (χ2v) is 6.09. The third-order valence-electron chi connectivity index (χ3n) is 3.23. The molecule has 1 saturated carbocycles. The number of hydrogen-bond donors (Lipinski definition) is 2. The molecule has 5 nitrogen and oxygen atoms in total. The lowest BCUT2D eigenvalue weighted by Crippen LogP contribution is -2.49. The summed E-state index contributed by atoms with van der Waals surface area (Å²) in [7, 11) is 0. The van der Waals surface area contributed by atoms with Crippen molar-refractivity contribution in [2.45, 2.75) is 52.2 Å². The molecule has 1 fully saturated rings. The first-order valence-corrected chi connectivity index (χ1v) is 6.56. The van der Waals surface area contributed by atoms with Gasteiger partial charge in [-0.3, -0.25) is 0 Å². The standard InChI is InChI=1S/C14H23NO4/c1-5-6-7-9-8-10(9)19-13(18)15-11(12(16)17)14(2,3)4/h5,9-11H,1,6-8H2,2-4H3,(H,15,18)(H,16,17)/t9-,10-,11?/m1/s1. The highest BCUT2D eigenvalue weighted by atomic mass is 16.6. The minimum absolute atomic E-state index is 0.0747. The van der Waals surface area contributed by atoms with Crippen LogP contribution in [-0.2, 0) is 9.53 Å². The van der Waals surface area contributed by atoms with Crippen molar-refractivity contribution < 1.29 is 19.4 Å². The van der Waals surface area contributed by atoms with E-state index in [4.69, 9.17) is 9.84 Å². The van der Waals surface area contributed by atoms with E-state index in [1.807, 2.05) is 6.08 Å². The molecule has 0 aromatic heterocycles. The zero-order valence-corrected chi connectivity index (χ0v) is 11.8. The minimum atomic E-state index is -1.05. The maximum Gasteiger partial charge on any atom is 0.408 e. The molecule has 0 aromatic rings. The van der Waals surface area contributed by atoms with E-state index in [1.165, 1.54) is 0 Å². The summed E-state index contributed by atoms with van der Waals surface area (Å²) in [6, 6.07) is -0.953. The second kappa shape index (κ2) is 6.08. The topological polar surface area (TPSA) is 75.6 Å². The van der Waals surface area contributed by atoms with Crippen LogP contribution in [0.25, 0.3) is 0 Å². The molecular formula is C14H23NO4. The van der Waals surface area contributed by atoms with Gasteiger partial charge < -0.3 is 15.2 Å². The molecule has 19 heavy (non-hydrogen) atoms. The molecule has 3 atom stereocenters. The van der Waals surface area contributed by atoms with Crippen molar-refractivity contribution in [3.8, 4) is 0 Å². The molecule has 108 valence electrons. The SMILES string of the molecule is C=CCC[C@@H]1C[C@H]1OC(=O)NC(C(=O)O)C(C)(C)C. The Labute approximate surface area is 114 Å². The summed E-state index contributed by atoms with van der Waals surface area (Å²) in [5.74, 6) is -0.662. The average Bonchev–Trinajstić information content (AvgIpc) is 2.99. The lowest BCUT2D eigenvalue weighted by Gasteiger charge is -2.27. The molecule has 5 heteroatoms. The molecule has 0 radical (unpaired) electrons. The van der Waals surface area contributed by atoms with Crippen LogP contribution >= 0.6 is 0 Å². The van der Waals surface area contributed by atoms with Crippen LogP contribution in [0.3, 0.4) is 0 Å². The van der Waals surface area contributed by atoms with Crippen LogP contribution in [0.2, 0.25) is 0 Å². The minimum Gasteiger partial charge on any atom is -0.480 e. The monoisotopic (exact) mass is 269 g/mol. The van der Waals surface area contributed by atoms with Gasteiger partial charge in [0.05, 0.1) is 0 Å². The van der Waals surface area contributed by atoms with Gasteiger partial charge in [0.2, 0.25) is 0 Å². The van der Waals surface area contributed by atoms with E-state index in [9.17, 15) is 9.59 Å². The number of alkyl carbamates (subject to hydrolysis) is 1. The number of carbonyl (C=O) groups is 2. The lowest BCUT2D eigenvalue weighted by atomic mass is 9.87. The van der Waals surface area contributed by atoms with Gasteiger partial charge in [-0.05, 0) is 30.6 Å². The Hall–Kier alpha value is -1.52. The van der Waals surface area contributed by atoms with Crippen molar-refractivity contribution in [3.05, 3.63) is 12.7 Å². The fourth-order valence-corrected chi connectivity index (χ4v) is 1.94. The predicted molar refractivity (Wildman–Crippen MR) is 71.8 cm³/mol. The van der Waals surface area contributed by atoms with Gasteiger partial charge in [0, 0.05) is 0 Å². The summed E-state index contributed by atoms with van der Waals surface area (Å²) >= 11 is 0. The molecular weight excluding hydrogens is 246 g/mol. The van der Waals surface area contributed by atoms with Gasteiger partial charge in [0.25, 0.3) is 0 Å². The smallest absolute Gasteiger partial charge is 0.408 e. The summed E-state index contributed by atoms with van der Waals surface area (Å²) in [5.41, 5.74) is -0.559. The van der Waals surface area contributed by atoms with E-state index in [0.29, 0.717) is 5.92 Å². The fraction of sp³-hybridized carbons (Fsp3) is 0.714. The third-order valence-corrected chi connectivity index (χ3v) is 3.23. The molecule has 0 saturated heterocycles. The van der Waals surface area contributed by atoms with E-state index < -0.39 is 23.5 Å². The van der Waals surface area contributed by atoms with E-state index >= 15 is 0 Å². The van der Waals surface area contributed by atoms with Gasteiger partial charge in [0.1, 0.15) is 12.1 Å². The van der Waals surface area contributed by atoms with Gasteiger partial charge in [0.15, 0.2) is 0 Å². The summed E-state index contributed by atoms with van der Waals surface area (Å²) in [6.07, 6.45) is 3.85. The van der Waals surface area contributed by atoms with E-state index in [1.54, 1.807) is 20.8 Å². The number of amides is 1. The predicted octanol–water partition coefficient (Wildman–Crippen LogP) is 2.57. The molecule has 1 aliphatic rings. The number of aliphatic carboxylic acids is 1. The Morgan fingerprint density at radius 3 is 2.63 bits per heavy atom. The summed E-state index contributed by atoms with van der Waals surface area (Å²) < 4.78 is 5.20. The van der Waals surface area contributed by atoms with E-state index in [0.717, 1.165) is 19.3 Å². The number of carbonyl (C=O) groups excluding carboxylic acids is 1.